The summed E-state index contributed by atoms with van der Waals surface area (Å²) in [5.74, 6) is -8.54. The molecule has 0 bridgehead atoms. The highest BCUT2D eigenvalue weighted by atomic mass is 79.9. The predicted octanol–water partition coefficient (Wildman–Crippen LogP) is 2.31. The molecule has 184 valence electrons. The molecule has 0 heterocycles. The average molecular weight is 554 g/mol. The minimum Gasteiger partial charge on any atom is -0.511 e. The van der Waals surface area contributed by atoms with Crippen LogP contribution in [0.15, 0.2) is 69.6 Å². The molecule has 7 N–H and O–H groups in total. The fraction of sp³-hybridized carbons (Fsp3) is 0.192. The molecule has 2 aromatic rings. The van der Waals surface area contributed by atoms with Gasteiger partial charge in [0.2, 0.25) is 5.78 Å². The number of fused-ring (bicyclic) bond motifs is 3. The van der Waals surface area contributed by atoms with Gasteiger partial charge in [-0.15, -0.1) is 0 Å². The molecule has 4 atom stereocenters. The van der Waals surface area contributed by atoms with E-state index in [2.05, 4.69) is 15.9 Å². The Balaban J connectivity index is 1.82. The summed E-state index contributed by atoms with van der Waals surface area (Å²) in [6.07, 6.45) is -0.539. The summed E-state index contributed by atoms with van der Waals surface area (Å²) < 4.78 is 0.816. The van der Waals surface area contributed by atoms with Crippen molar-refractivity contribution < 1.29 is 39.9 Å². The Hall–Kier alpha value is -3.73. The Morgan fingerprint density at radius 3 is 2.39 bits per heavy atom. The first-order chi connectivity index (χ1) is 17.0. The molecule has 3 aliphatic carbocycles. The molecule has 3 aliphatic rings. The Morgan fingerprint density at radius 1 is 1.08 bits per heavy atom. The van der Waals surface area contributed by atoms with E-state index in [1.54, 1.807) is 36.4 Å². The lowest BCUT2D eigenvalue weighted by Crippen LogP contribution is -2.62. The molecule has 0 spiro atoms. The molecule has 0 fully saturated rings. The maximum atomic E-state index is 13.6. The minimum atomic E-state index is -2.89. The smallest absolute Gasteiger partial charge is 0.255 e. The molecule has 9 nitrogen and oxygen atoms in total. The summed E-state index contributed by atoms with van der Waals surface area (Å²) >= 11 is 3.36. The minimum absolute atomic E-state index is 0.176. The maximum absolute atomic E-state index is 13.6. The number of Topliss-reactive ketones (excluding diaryl/α,β-unsaturated/α-hetero) is 2. The highest BCUT2D eigenvalue weighted by molar-refractivity contribution is 9.10. The fourth-order valence-electron chi connectivity index (χ4n) is 5.42. The molecule has 10 heteroatoms. The van der Waals surface area contributed by atoms with Crippen molar-refractivity contribution in [2.75, 3.05) is 0 Å². The Morgan fingerprint density at radius 2 is 1.75 bits per heavy atom. The van der Waals surface area contributed by atoms with E-state index in [4.69, 9.17) is 5.73 Å². The van der Waals surface area contributed by atoms with Gasteiger partial charge < -0.3 is 31.3 Å². The van der Waals surface area contributed by atoms with Crippen molar-refractivity contribution in [3.63, 3.8) is 0 Å². The summed E-state index contributed by atoms with van der Waals surface area (Å²) in [6.45, 7) is 0. The number of hydrogen-bond acceptors (Lipinski definition) is 8. The van der Waals surface area contributed by atoms with Crippen molar-refractivity contribution in [1.29, 1.82) is 0 Å². The van der Waals surface area contributed by atoms with Crippen LogP contribution in [0.25, 0.3) is 11.6 Å². The Bertz CT molecular complexity index is 1450. The van der Waals surface area contributed by atoms with Gasteiger partial charge in [-0.3, -0.25) is 14.4 Å². The monoisotopic (exact) mass is 553 g/mol. The number of phenolic OH excluding ortho intramolecular Hbond substituents is 1. The third-order valence-electron chi connectivity index (χ3n) is 7.09. The van der Waals surface area contributed by atoms with E-state index in [1.807, 2.05) is 0 Å². The zero-order valence-corrected chi connectivity index (χ0v) is 20.1. The maximum Gasteiger partial charge on any atom is 0.255 e. The van der Waals surface area contributed by atoms with E-state index in [0.717, 1.165) is 4.47 Å². The van der Waals surface area contributed by atoms with Gasteiger partial charge in [-0.2, -0.15) is 0 Å². The van der Waals surface area contributed by atoms with Crippen LogP contribution in [0.1, 0.15) is 27.9 Å². The van der Waals surface area contributed by atoms with Gasteiger partial charge in [0.05, 0.1) is 17.2 Å². The van der Waals surface area contributed by atoms with Crippen molar-refractivity contribution in [1.82, 2.24) is 0 Å². The third-order valence-corrected chi connectivity index (χ3v) is 7.62. The van der Waals surface area contributed by atoms with Crippen LogP contribution in [0.4, 0.5) is 0 Å². The lowest BCUT2D eigenvalue weighted by atomic mass is 9.57. The molecule has 0 saturated heterocycles. The topological polar surface area (TPSA) is 178 Å². The number of ketones is 2. The van der Waals surface area contributed by atoms with Gasteiger partial charge in [0.25, 0.3) is 5.91 Å². The zero-order valence-electron chi connectivity index (χ0n) is 18.5. The van der Waals surface area contributed by atoms with E-state index >= 15 is 0 Å². The lowest BCUT2D eigenvalue weighted by Gasteiger charge is -2.49. The second-order valence-corrected chi connectivity index (χ2v) is 9.92. The Kier molecular flexibility index (Phi) is 5.43. The molecule has 36 heavy (non-hydrogen) atoms. The molecule has 2 aromatic carbocycles. The number of benzene rings is 2. The first-order valence-corrected chi connectivity index (χ1v) is 11.7. The standard InChI is InChI=1S/C26H20BrNO8/c27-11-6-4-10(5-7-11)8-13-12-2-1-3-15(29)17(12)22(32)20-18(13)21(31)14-9-16(30)19(25(28)35)23(33)26(14,36)24(20)34/h1-8,14,18,21,29-31,34,36H,9H2,(H2,28,35)/b13-8+/t14-,18-,21-,26-/m1/s1. The van der Waals surface area contributed by atoms with Crippen molar-refractivity contribution >= 4 is 45.1 Å². The highest BCUT2D eigenvalue weighted by Crippen LogP contribution is 2.55. The first kappa shape index (κ1) is 24.0. The number of nitrogens with two attached hydrogens (primary N) is 1. The highest BCUT2D eigenvalue weighted by Gasteiger charge is 2.63. The van der Waals surface area contributed by atoms with Crippen LogP contribution in [0.5, 0.6) is 5.75 Å². The number of aliphatic hydroxyl groups excluding tert-OH is 3. The molecule has 0 aromatic heterocycles. The second-order valence-electron chi connectivity index (χ2n) is 9.00. The van der Waals surface area contributed by atoms with Gasteiger partial charge in [-0.25, -0.2) is 0 Å². The number of hydrogen-bond donors (Lipinski definition) is 6. The first-order valence-electron chi connectivity index (χ1n) is 10.9. The number of allylic oxidation sites excluding steroid dienone is 1. The third kappa shape index (κ3) is 3.18. The second kappa shape index (κ2) is 8.16. The molecule has 5 rings (SSSR count). The van der Waals surface area contributed by atoms with Crippen LogP contribution in [-0.4, -0.2) is 54.7 Å². The number of phenols is 1. The number of carbonyl (C=O) groups is 3. The largest absolute Gasteiger partial charge is 0.511 e. The van der Waals surface area contributed by atoms with Crippen LogP contribution in [0, 0.1) is 11.8 Å². The summed E-state index contributed by atoms with van der Waals surface area (Å²) in [4.78, 5) is 38.5. The number of amides is 1. The number of primary amides is 1. The quantitative estimate of drug-likeness (QED) is 0.306. The number of aliphatic hydroxyl groups is 4. The van der Waals surface area contributed by atoms with Crippen LogP contribution < -0.4 is 5.73 Å². The van der Waals surface area contributed by atoms with Crippen LogP contribution in [0.3, 0.4) is 0 Å². The molecule has 0 unspecified atom stereocenters. The fourth-order valence-corrected chi connectivity index (χ4v) is 5.69. The predicted molar refractivity (Wildman–Crippen MR) is 131 cm³/mol. The van der Waals surface area contributed by atoms with Crippen molar-refractivity contribution in [2.45, 2.75) is 18.1 Å². The van der Waals surface area contributed by atoms with Gasteiger partial charge in [-0.1, -0.05) is 46.3 Å². The van der Waals surface area contributed by atoms with Gasteiger partial charge in [-0.05, 0) is 34.9 Å². The summed E-state index contributed by atoms with van der Waals surface area (Å²) in [5, 5.41) is 55.0. The molecule has 0 aliphatic heterocycles. The van der Waals surface area contributed by atoms with E-state index < -0.39 is 75.8 Å². The van der Waals surface area contributed by atoms with E-state index in [0.29, 0.717) is 16.7 Å². The molecular formula is C26H20BrNO8. The molecule has 1 amide bonds. The van der Waals surface area contributed by atoms with Gasteiger partial charge >= 0.3 is 0 Å². The van der Waals surface area contributed by atoms with Crippen molar-refractivity contribution in [2.24, 2.45) is 17.6 Å². The zero-order chi connectivity index (χ0) is 26.1. The van der Waals surface area contributed by atoms with E-state index in [1.165, 1.54) is 12.1 Å². The number of aromatic hydroxyl groups is 1. The molecule has 0 radical (unpaired) electrons. The average Bonchev–Trinajstić information content (AvgIpc) is 2.82. The normalized spacial score (nSPS) is 28.6. The van der Waals surface area contributed by atoms with E-state index in [9.17, 15) is 39.9 Å². The SMILES string of the molecule is NC(=O)C1=C(O)C[C@@H]2[C@@H](O)[C@H]3C(=C(O)[C@]2(O)C1=O)C(=O)c1c(O)cccc1/C3=C\c1ccc(Br)cc1. The van der Waals surface area contributed by atoms with E-state index in [-0.39, 0.29) is 5.56 Å². The number of carbonyl (C=O) groups excluding carboxylic acids is 3. The summed E-state index contributed by atoms with van der Waals surface area (Å²) in [6, 6.07) is 11.5. The van der Waals surface area contributed by atoms with Gasteiger partial charge in [0.1, 0.15) is 22.8 Å². The van der Waals surface area contributed by atoms with Crippen LogP contribution in [-0.2, 0) is 9.59 Å². The van der Waals surface area contributed by atoms with Crippen LogP contribution >= 0.6 is 15.9 Å². The summed E-state index contributed by atoms with van der Waals surface area (Å²) in [7, 11) is 0. The van der Waals surface area contributed by atoms with Gasteiger partial charge in [0, 0.05) is 22.7 Å². The lowest BCUT2D eigenvalue weighted by molar-refractivity contribution is -0.152. The van der Waals surface area contributed by atoms with Crippen molar-refractivity contribution in [3.05, 3.63) is 86.3 Å². The number of halogens is 1. The van der Waals surface area contributed by atoms with Crippen molar-refractivity contribution in [3.8, 4) is 5.75 Å². The number of rotatable bonds is 2. The summed E-state index contributed by atoms with van der Waals surface area (Å²) in [5.41, 5.74) is 2.05. The van der Waals surface area contributed by atoms with Gasteiger partial charge in [0.15, 0.2) is 11.4 Å². The molecular weight excluding hydrogens is 534 g/mol. The van der Waals surface area contributed by atoms with Crippen LogP contribution in [0.2, 0.25) is 0 Å². The molecule has 0 saturated carbocycles. The Labute approximate surface area is 212 Å².